The Hall–Kier alpha value is -1.89. The van der Waals surface area contributed by atoms with Gasteiger partial charge in [-0.1, -0.05) is 0 Å². The largest absolute Gasteiger partial charge is 0.478 e. The number of carbonyl (C=O) groups is 1. The molecular formula is C13H20N4O3. The minimum absolute atomic E-state index is 0.240. The fourth-order valence-corrected chi connectivity index (χ4v) is 2.14. The normalized spacial score (nSPS) is 18.7. The minimum Gasteiger partial charge on any atom is -0.478 e. The highest BCUT2D eigenvalue weighted by atomic mass is 16.5. The molecule has 1 fully saturated rings. The molecule has 20 heavy (non-hydrogen) atoms. The highest BCUT2D eigenvalue weighted by molar-refractivity contribution is 5.80. The van der Waals surface area contributed by atoms with E-state index in [2.05, 4.69) is 15.3 Å². The summed E-state index contributed by atoms with van der Waals surface area (Å²) in [6.45, 7) is 6.64. The maximum Gasteiger partial charge on any atom is 0.330 e. The predicted octanol–water partition coefficient (Wildman–Crippen LogP) is 0.217. The highest BCUT2D eigenvalue weighted by Crippen LogP contribution is 2.19. The summed E-state index contributed by atoms with van der Waals surface area (Å²) in [6, 6.07) is 1.38. The Bertz CT molecular complexity index is 455. The molecule has 1 aliphatic heterocycles. The van der Waals surface area contributed by atoms with Gasteiger partial charge < -0.3 is 19.7 Å². The summed E-state index contributed by atoms with van der Waals surface area (Å²) in [7, 11) is 0. The number of anilines is 1. The van der Waals surface area contributed by atoms with Gasteiger partial charge in [-0.15, -0.1) is 0 Å². The van der Waals surface area contributed by atoms with Crippen molar-refractivity contribution in [3.8, 4) is 5.88 Å². The van der Waals surface area contributed by atoms with Crippen LogP contribution in [0.4, 0.5) is 5.82 Å². The molecule has 1 N–H and O–H groups in total. The molecule has 1 aliphatic rings. The van der Waals surface area contributed by atoms with E-state index in [1.165, 1.54) is 6.33 Å². The van der Waals surface area contributed by atoms with Crippen molar-refractivity contribution in [1.82, 2.24) is 15.3 Å². The van der Waals surface area contributed by atoms with E-state index >= 15 is 0 Å². The third kappa shape index (κ3) is 3.36. The van der Waals surface area contributed by atoms with Crippen molar-refractivity contribution in [2.75, 3.05) is 37.7 Å². The van der Waals surface area contributed by atoms with Crippen LogP contribution >= 0.6 is 0 Å². The van der Waals surface area contributed by atoms with Gasteiger partial charge in [0.25, 0.3) is 0 Å². The highest BCUT2D eigenvalue weighted by Gasteiger charge is 2.30. The summed E-state index contributed by atoms with van der Waals surface area (Å²) in [6.07, 6.45) is 1.45. The number of aromatic nitrogens is 2. The first-order valence-corrected chi connectivity index (χ1v) is 6.85. The van der Waals surface area contributed by atoms with E-state index in [-0.39, 0.29) is 12.0 Å². The number of nitrogens with one attached hydrogen (secondary N) is 1. The molecular weight excluding hydrogens is 260 g/mol. The van der Waals surface area contributed by atoms with Crippen LogP contribution in [0.25, 0.3) is 0 Å². The van der Waals surface area contributed by atoms with Crippen LogP contribution in [-0.2, 0) is 9.53 Å². The maximum absolute atomic E-state index is 12.0. The van der Waals surface area contributed by atoms with E-state index in [1.54, 1.807) is 13.0 Å². The molecule has 0 spiro atoms. The van der Waals surface area contributed by atoms with Gasteiger partial charge in [0.15, 0.2) is 0 Å². The van der Waals surface area contributed by atoms with Gasteiger partial charge in [-0.25, -0.2) is 14.8 Å². The van der Waals surface area contributed by atoms with Crippen molar-refractivity contribution in [3.63, 3.8) is 0 Å². The summed E-state index contributed by atoms with van der Waals surface area (Å²) >= 11 is 0. The predicted molar refractivity (Wildman–Crippen MR) is 73.8 cm³/mol. The van der Waals surface area contributed by atoms with Crippen molar-refractivity contribution in [3.05, 3.63) is 12.4 Å². The van der Waals surface area contributed by atoms with E-state index in [0.717, 1.165) is 6.54 Å². The van der Waals surface area contributed by atoms with Crippen LogP contribution in [0.5, 0.6) is 5.88 Å². The number of hydrogen-bond acceptors (Lipinski definition) is 7. The molecule has 0 bridgehead atoms. The molecule has 1 aromatic heterocycles. The molecule has 2 rings (SSSR count). The number of rotatable bonds is 5. The second-order valence-electron chi connectivity index (χ2n) is 4.31. The Balaban J connectivity index is 2.18. The smallest absolute Gasteiger partial charge is 0.330 e. The zero-order valence-electron chi connectivity index (χ0n) is 11.8. The Morgan fingerprint density at radius 2 is 2.30 bits per heavy atom. The molecule has 110 valence electrons. The van der Waals surface area contributed by atoms with Gasteiger partial charge in [-0.2, -0.15) is 0 Å². The Kier molecular flexibility index (Phi) is 5.11. The summed E-state index contributed by atoms with van der Waals surface area (Å²) in [5, 5.41) is 3.20. The monoisotopic (exact) mass is 280 g/mol. The Labute approximate surface area is 118 Å². The third-order valence-electron chi connectivity index (χ3n) is 3.02. The van der Waals surface area contributed by atoms with Gasteiger partial charge in [0.1, 0.15) is 18.2 Å². The number of ether oxygens (including phenoxy) is 2. The molecule has 1 saturated heterocycles. The molecule has 0 saturated carbocycles. The average Bonchev–Trinajstić information content (AvgIpc) is 2.48. The zero-order valence-corrected chi connectivity index (χ0v) is 11.8. The Morgan fingerprint density at radius 1 is 1.45 bits per heavy atom. The molecule has 1 unspecified atom stereocenters. The van der Waals surface area contributed by atoms with Crippen LogP contribution in [0.1, 0.15) is 13.8 Å². The van der Waals surface area contributed by atoms with Crippen LogP contribution in [0.3, 0.4) is 0 Å². The number of nitrogens with zero attached hydrogens (tertiary/aromatic N) is 3. The molecule has 1 aromatic rings. The van der Waals surface area contributed by atoms with Gasteiger partial charge in [-0.3, -0.25) is 0 Å². The summed E-state index contributed by atoms with van der Waals surface area (Å²) in [4.78, 5) is 22.2. The number of hydrogen-bond donors (Lipinski definition) is 1. The molecule has 2 heterocycles. The van der Waals surface area contributed by atoms with E-state index in [0.29, 0.717) is 38.0 Å². The van der Waals surface area contributed by atoms with E-state index in [9.17, 15) is 4.79 Å². The van der Waals surface area contributed by atoms with Gasteiger partial charge in [0, 0.05) is 25.7 Å². The minimum atomic E-state index is -0.368. The lowest BCUT2D eigenvalue weighted by Crippen LogP contribution is -2.56. The van der Waals surface area contributed by atoms with Crippen molar-refractivity contribution in [2.45, 2.75) is 19.9 Å². The Morgan fingerprint density at radius 3 is 3.05 bits per heavy atom. The molecule has 7 heteroatoms. The van der Waals surface area contributed by atoms with Crippen molar-refractivity contribution >= 4 is 11.8 Å². The second kappa shape index (κ2) is 7.04. The van der Waals surface area contributed by atoms with Crippen LogP contribution in [-0.4, -0.2) is 54.8 Å². The maximum atomic E-state index is 12.0. The average molecular weight is 280 g/mol. The van der Waals surface area contributed by atoms with Crippen LogP contribution < -0.4 is 15.0 Å². The standard InChI is InChI=1S/C13H20N4O3/c1-3-19-12-7-11(15-9-16-12)17-6-5-14-8-10(17)13(18)20-4-2/h7,9-10,14H,3-6,8H2,1-2H3. The topological polar surface area (TPSA) is 76.6 Å². The molecule has 0 radical (unpaired) electrons. The van der Waals surface area contributed by atoms with Crippen LogP contribution in [0.2, 0.25) is 0 Å². The molecule has 7 nitrogen and oxygen atoms in total. The molecule has 0 aliphatic carbocycles. The summed E-state index contributed by atoms with van der Waals surface area (Å²) in [5.41, 5.74) is 0. The van der Waals surface area contributed by atoms with Gasteiger partial charge in [0.2, 0.25) is 5.88 Å². The van der Waals surface area contributed by atoms with Crippen LogP contribution in [0, 0.1) is 0 Å². The molecule has 0 aromatic carbocycles. The van der Waals surface area contributed by atoms with Gasteiger partial charge in [-0.05, 0) is 13.8 Å². The fraction of sp³-hybridized carbons (Fsp3) is 0.615. The van der Waals surface area contributed by atoms with Crippen molar-refractivity contribution in [2.24, 2.45) is 0 Å². The second-order valence-corrected chi connectivity index (χ2v) is 4.31. The molecule has 1 atom stereocenters. The summed E-state index contributed by atoms with van der Waals surface area (Å²) < 4.78 is 10.5. The number of esters is 1. The number of carbonyl (C=O) groups excluding carboxylic acids is 1. The van der Waals surface area contributed by atoms with Gasteiger partial charge >= 0.3 is 5.97 Å². The zero-order chi connectivity index (χ0) is 14.4. The van der Waals surface area contributed by atoms with Gasteiger partial charge in [0.05, 0.1) is 13.2 Å². The lowest BCUT2D eigenvalue weighted by molar-refractivity contribution is -0.144. The van der Waals surface area contributed by atoms with Crippen molar-refractivity contribution < 1.29 is 14.3 Å². The quantitative estimate of drug-likeness (QED) is 0.773. The first kappa shape index (κ1) is 14.5. The number of piperazine rings is 1. The van der Waals surface area contributed by atoms with E-state index in [4.69, 9.17) is 9.47 Å². The first-order chi connectivity index (χ1) is 9.76. The lowest BCUT2D eigenvalue weighted by atomic mass is 10.2. The lowest BCUT2D eigenvalue weighted by Gasteiger charge is -2.35. The van der Waals surface area contributed by atoms with E-state index in [1.807, 2.05) is 11.8 Å². The van der Waals surface area contributed by atoms with Crippen LogP contribution in [0.15, 0.2) is 12.4 Å². The summed E-state index contributed by atoms with van der Waals surface area (Å²) in [5.74, 6) is 0.956. The van der Waals surface area contributed by atoms with E-state index < -0.39 is 0 Å². The van der Waals surface area contributed by atoms with Crippen molar-refractivity contribution in [1.29, 1.82) is 0 Å². The first-order valence-electron chi connectivity index (χ1n) is 6.85. The fourth-order valence-electron chi connectivity index (χ4n) is 2.14. The molecule has 0 amide bonds. The third-order valence-corrected chi connectivity index (χ3v) is 3.02. The SMILES string of the molecule is CCOC(=O)C1CNCCN1c1cc(OCC)ncn1.